The Hall–Kier alpha value is -0.820. The molecule has 0 saturated heterocycles. The Morgan fingerprint density at radius 2 is 2.12 bits per heavy atom. The molecule has 86 valence electrons. The molecule has 1 aliphatic rings. The van der Waals surface area contributed by atoms with E-state index in [1.54, 1.807) is 0 Å². The number of ketones is 1. The molecule has 16 heavy (non-hydrogen) atoms. The predicted molar refractivity (Wildman–Crippen MR) is 67.2 cm³/mol. The molecule has 0 N–H and O–H groups in total. The van der Waals surface area contributed by atoms with Gasteiger partial charge in [0, 0.05) is 17.4 Å². The minimum Gasteiger partial charge on any atom is -0.294 e. The lowest BCUT2D eigenvalue weighted by Crippen LogP contribution is -2.12. The van der Waals surface area contributed by atoms with Crippen molar-refractivity contribution >= 4 is 17.4 Å². The van der Waals surface area contributed by atoms with Gasteiger partial charge in [0.2, 0.25) is 0 Å². The van der Waals surface area contributed by atoms with Crippen molar-refractivity contribution in [3.05, 3.63) is 34.9 Å². The maximum absolute atomic E-state index is 12.0. The molecule has 2 rings (SSSR count). The van der Waals surface area contributed by atoms with E-state index < -0.39 is 0 Å². The Morgan fingerprint density at radius 3 is 2.81 bits per heavy atom. The van der Waals surface area contributed by atoms with Crippen LogP contribution in [0.2, 0.25) is 0 Å². The maximum Gasteiger partial charge on any atom is 0.166 e. The molecule has 1 aliphatic carbocycles. The van der Waals surface area contributed by atoms with Crippen molar-refractivity contribution in [3.63, 3.8) is 0 Å². The average molecular weight is 237 g/mol. The Labute approximate surface area is 102 Å². The molecular weight excluding hydrogens is 220 g/mol. The molecule has 0 radical (unpaired) electrons. The van der Waals surface area contributed by atoms with Gasteiger partial charge in [-0.1, -0.05) is 26.0 Å². The normalized spacial score (nSPS) is 20.6. The quantitative estimate of drug-likeness (QED) is 0.580. The highest BCUT2D eigenvalue weighted by molar-refractivity contribution is 6.20. The lowest BCUT2D eigenvalue weighted by atomic mass is 9.97. The molecular formula is C14H17ClO. The molecule has 0 amide bonds. The summed E-state index contributed by atoms with van der Waals surface area (Å²) in [7, 11) is 0. The highest BCUT2D eigenvalue weighted by atomic mass is 35.5. The van der Waals surface area contributed by atoms with Crippen LogP contribution in [-0.2, 0) is 12.8 Å². The summed E-state index contributed by atoms with van der Waals surface area (Å²) in [6.07, 6.45) is 2.25. The number of halogens is 1. The number of rotatable bonds is 3. The van der Waals surface area contributed by atoms with Gasteiger partial charge in [-0.2, -0.15) is 0 Å². The van der Waals surface area contributed by atoms with E-state index in [4.69, 9.17) is 11.6 Å². The van der Waals surface area contributed by atoms with Crippen molar-refractivity contribution in [1.82, 2.24) is 0 Å². The van der Waals surface area contributed by atoms with Gasteiger partial charge in [-0.3, -0.25) is 4.79 Å². The summed E-state index contributed by atoms with van der Waals surface area (Å²) >= 11 is 5.72. The van der Waals surface area contributed by atoms with Crippen LogP contribution in [0.15, 0.2) is 18.2 Å². The first-order valence-electron chi connectivity index (χ1n) is 5.83. The van der Waals surface area contributed by atoms with Gasteiger partial charge in [-0.05, 0) is 36.0 Å². The molecule has 2 atom stereocenters. The molecule has 1 aromatic rings. The molecule has 0 aromatic heterocycles. The lowest BCUT2D eigenvalue weighted by molar-refractivity contribution is 0.0941. The molecule has 0 heterocycles. The third-order valence-corrected chi connectivity index (χ3v) is 3.77. The van der Waals surface area contributed by atoms with Crippen molar-refractivity contribution in [1.29, 1.82) is 0 Å². The summed E-state index contributed by atoms with van der Waals surface area (Å²) in [5.74, 6) is 1.19. The lowest BCUT2D eigenvalue weighted by Gasteiger charge is -2.08. The van der Waals surface area contributed by atoms with Gasteiger partial charge < -0.3 is 0 Å². The van der Waals surface area contributed by atoms with Crippen molar-refractivity contribution in [2.45, 2.75) is 26.7 Å². The Morgan fingerprint density at radius 1 is 1.44 bits per heavy atom. The van der Waals surface area contributed by atoms with E-state index in [0.29, 0.717) is 11.8 Å². The minimum absolute atomic E-state index is 0.0847. The molecule has 0 fully saturated rings. The number of Topliss-reactive ketones (excluding diaryl/α,β-unsaturated/α-hetero) is 1. The van der Waals surface area contributed by atoms with Gasteiger partial charge in [-0.25, -0.2) is 0 Å². The van der Waals surface area contributed by atoms with Crippen LogP contribution in [0.4, 0.5) is 0 Å². The van der Waals surface area contributed by atoms with E-state index in [2.05, 4.69) is 19.1 Å². The highest BCUT2D eigenvalue weighted by Gasteiger charge is 2.20. The summed E-state index contributed by atoms with van der Waals surface area (Å²) < 4.78 is 0. The largest absolute Gasteiger partial charge is 0.294 e. The van der Waals surface area contributed by atoms with E-state index in [1.807, 2.05) is 13.0 Å². The summed E-state index contributed by atoms with van der Waals surface area (Å²) in [6.45, 7) is 4.13. The second kappa shape index (κ2) is 4.58. The minimum atomic E-state index is -0.0847. The second-order valence-corrected chi connectivity index (χ2v) is 5.23. The number of hydrogen-bond acceptors (Lipinski definition) is 1. The zero-order valence-corrected chi connectivity index (χ0v) is 10.6. The number of fused-ring (bicyclic) bond motifs is 1. The fourth-order valence-electron chi connectivity index (χ4n) is 2.35. The fraction of sp³-hybridized carbons (Fsp3) is 0.500. The number of hydrogen-bond donors (Lipinski definition) is 0. The molecule has 0 spiro atoms. The topological polar surface area (TPSA) is 17.1 Å². The van der Waals surface area contributed by atoms with Gasteiger partial charge in [-0.15, -0.1) is 11.6 Å². The Balaban J connectivity index is 2.26. The van der Waals surface area contributed by atoms with Crippen LogP contribution >= 0.6 is 11.6 Å². The van der Waals surface area contributed by atoms with Crippen LogP contribution in [0.25, 0.3) is 0 Å². The SMILES string of the molecule is CC1Cc2ccc(C(=O)C(C)CCl)cc2C1. The molecule has 2 heteroatoms. The standard InChI is InChI=1S/C14H17ClO/c1-9-5-11-3-4-12(7-13(11)6-9)14(16)10(2)8-15/h3-4,7,9-10H,5-6,8H2,1-2H3. The van der Waals surface area contributed by atoms with Crippen LogP contribution in [0.1, 0.15) is 35.3 Å². The van der Waals surface area contributed by atoms with Gasteiger partial charge in [0.15, 0.2) is 5.78 Å². The monoisotopic (exact) mass is 236 g/mol. The number of alkyl halides is 1. The number of carbonyl (C=O) groups is 1. The zero-order chi connectivity index (χ0) is 11.7. The van der Waals surface area contributed by atoms with Crippen LogP contribution in [-0.4, -0.2) is 11.7 Å². The van der Waals surface area contributed by atoms with Crippen LogP contribution in [0.5, 0.6) is 0 Å². The van der Waals surface area contributed by atoms with E-state index in [0.717, 1.165) is 18.4 Å². The molecule has 0 aliphatic heterocycles. The average Bonchev–Trinajstić information content (AvgIpc) is 2.65. The first kappa shape index (κ1) is 11.7. The van der Waals surface area contributed by atoms with Gasteiger partial charge in [0.05, 0.1) is 0 Å². The number of carbonyl (C=O) groups excluding carboxylic acids is 1. The zero-order valence-electron chi connectivity index (χ0n) is 9.79. The molecule has 2 unspecified atom stereocenters. The summed E-state index contributed by atoms with van der Waals surface area (Å²) in [4.78, 5) is 12.0. The fourth-order valence-corrected chi connectivity index (χ4v) is 2.49. The summed E-state index contributed by atoms with van der Waals surface area (Å²) in [5, 5.41) is 0. The van der Waals surface area contributed by atoms with E-state index >= 15 is 0 Å². The number of benzene rings is 1. The van der Waals surface area contributed by atoms with Crippen molar-refractivity contribution in [3.8, 4) is 0 Å². The van der Waals surface area contributed by atoms with Gasteiger partial charge >= 0.3 is 0 Å². The third kappa shape index (κ3) is 2.15. The van der Waals surface area contributed by atoms with Crippen molar-refractivity contribution in [2.75, 3.05) is 5.88 Å². The molecule has 0 saturated carbocycles. The summed E-state index contributed by atoms with van der Waals surface area (Å²) in [6, 6.07) is 6.11. The molecule has 1 aromatic carbocycles. The van der Waals surface area contributed by atoms with Crippen LogP contribution in [0.3, 0.4) is 0 Å². The van der Waals surface area contributed by atoms with E-state index in [1.165, 1.54) is 11.1 Å². The smallest absolute Gasteiger partial charge is 0.166 e. The molecule has 0 bridgehead atoms. The predicted octanol–water partition coefficient (Wildman–Crippen LogP) is 3.48. The Kier molecular flexibility index (Phi) is 3.34. The second-order valence-electron chi connectivity index (χ2n) is 4.92. The summed E-state index contributed by atoms with van der Waals surface area (Å²) in [5.41, 5.74) is 3.57. The van der Waals surface area contributed by atoms with Crippen LogP contribution in [0, 0.1) is 11.8 Å². The van der Waals surface area contributed by atoms with E-state index in [9.17, 15) is 4.79 Å². The Bertz CT molecular complexity index is 411. The van der Waals surface area contributed by atoms with Crippen molar-refractivity contribution < 1.29 is 4.79 Å². The van der Waals surface area contributed by atoms with Crippen LogP contribution < -0.4 is 0 Å². The first-order chi connectivity index (χ1) is 7.61. The maximum atomic E-state index is 12.0. The third-order valence-electron chi connectivity index (χ3n) is 3.31. The van der Waals surface area contributed by atoms with E-state index in [-0.39, 0.29) is 11.7 Å². The van der Waals surface area contributed by atoms with Gasteiger partial charge in [0.25, 0.3) is 0 Å². The molecule has 1 nitrogen and oxygen atoms in total. The van der Waals surface area contributed by atoms with Gasteiger partial charge in [0.1, 0.15) is 0 Å². The first-order valence-corrected chi connectivity index (χ1v) is 6.37. The highest BCUT2D eigenvalue weighted by Crippen LogP contribution is 2.27. The van der Waals surface area contributed by atoms with Crippen molar-refractivity contribution in [2.24, 2.45) is 11.8 Å².